The molecule has 5 nitrogen and oxygen atoms in total. The first-order valence-corrected chi connectivity index (χ1v) is 7.86. The van der Waals surface area contributed by atoms with E-state index in [0.717, 1.165) is 5.56 Å². The molecule has 8 heteroatoms. The first-order chi connectivity index (χ1) is 11.6. The van der Waals surface area contributed by atoms with Crippen LogP contribution in [0.25, 0.3) is 0 Å². The van der Waals surface area contributed by atoms with Gasteiger partial charge in [0.05, 0.1) is 20.6 Å². The molecule has 0 radical (unpaired) electrons. The molecule has 0 bridgehead atoms. The first kappa shape index (κ1) is 20.9. The fourth-order valence-corrected chi connectivity index (χ4v) is 2.21. The quantitative estimate of drug-likeness (QED) is 0.579. The van der Waals surface area contributed by atoms with Crippen LogP contribution >= 0.6 is 0 Å². The van der Waals surface area contributed by atoms with Gasteiger partial charge in [-0.15, -0.1) is 0 Å². The zero-order valence-corrected chi connectivity index (χ0v) is 15.3. The molecule has 0 aliphatic heterocycles. The number of hydrogen-bond acceptors (Lipinski definition) is 3. The second-order valence-corrected chi connectivity index (χ2v) is 6.17. The molecule has 0 aliphatic rings. The Hall–Kier alpha value is -2.12. The lowest BCUT2D eigenvalue weighted by Gasteiger charge is -2.27. The molecule has 0 unspecified atom stereocenters. The van der Waals surface area contributed by atoms with Gasteiger partial charge in [-0.05, 0) is 17.7 Å². The number of benzene rings is 1. The summed E-state index contributed by atoms with van der Waals surface area (Å²) in [6.07, 6.45) is -5.10. The van der Waals surface area contributed by atoms with E-state index >= 15 is 0 Å². The lowest BCUT2D eigenvalue weighted by molar-refractivity contribution is -0.132. The Labute approximate surface area is 146 Å². The number of nitrogens with one attached hydrogen (secondary N) is 2. The van der Waals surface area contributed by atoms with Crippen LogP contribution in [0.15, 0.2) is 23.2 Å². The van der Waals surface area contributed by atoms with Gasteiger partial charge in [0, 0.05) is 25.6 Å². The van der Waals surface area contributed by atoms with Crippen molar-refractivity contribution in [3.8, 4) is 11.5 Å². The van der Waals surface area contributed by atoms with Gasteiger partial charge in [0.15, 0.2) is 17.5 Å². The molecule has 0 amide bonds. The lowest BCUT2D eigenvalue weighted by Crippen LogP contribution is -2.44. The van der Waals surface area contributed by atoms with E-state index < -0.39 is 12.6 Å². The number of halogens is 3. The van der Waals surface area contributed by atoms with Crippen molar-refractivity contribution in [2.24, 2.45) is 4.99 Å². The third-order valence-corrected chi connectivity index (χ3v) is 3.79. The Morgan fingerprint density at radius 2 is 1.72 bits per heavy atom. The summed E-state index contributed by atoms with van der Waals surface area (Å²) in [7, 11) is 4.66. The zero-order chi connectivity index (χ0) is 19.1. The molecule has 2 N–H and O–H groups in total. The van der Waals surface area contributed by atoms with Crippen LogP contribution in [0.5, 0.6) is 11.5 Å². The predicted octanol–water partition coefficient (Wildman–Crippen LogP) is 3.10. The highest BCUT2D eigenvalue weighted by Crippen LogP contribution is 2.32. The van der Waals surface area contributed by atoms with Crippen LogP contribution < -0.4 is 20.1 Å². The molecule has 0 fully saturated rings. The van der Waals surface area contributed by atoms with Gasteiger partial charge in [-0.1, -0.05) is 19.9 Å². The minimum Gasteiger partial charge on any atom is -0.493 e. The van der Waals surface area contributed by atoms with Gasteiger partial charge in [-0.3, -0.25) is 4.99 Å². The molecule has 0 spiro atoms. The van der Waals surface area contributed by atoms with Crippen molar-refractivity contribution in [3.05, 3.63) is 23.8 Å². The van der Waals surface area contributed by atoms with Gasteiger partial charge in [0.1, 0.15) is 0 Å². The van der Waals surface area contributed by atoms with Crippen LogP contribution in [-0.4, -0.2) is 46.5 Å². The topological polar surface area (TPSA) is 54.9 Å². The van der Waals surface area contributed by atoms with Gasteiger partial charge < -0.3 is 20.1 Å². The molecule has 0 aliphatic carbocycles. The van der Waals surface area contributed by atoms with Gasteiger partial charge in [0.25, 0.3) is 0 Å². The van der Waals surface area contributed by atoms with E-state index in [-0.39, 0.29) is 12.0 Å². The van der Waals surface area contributed by atoms with Crippen molar-refractivity contribution in [1.29, 1.82) is 0 Å². The number of methoxy groups -OCH3 is 2. The summed E-state index contributed by atoms with van der Waals surface area (Å²) in [6, 6.07) is 5.65. The molecule has 25 heavy (non-hydrogen) atoms. The molecule has 1 aromatic carbocycles. The summed E-state index contributed by atoms with van der Waals surface area (Å²) < 4.78 is 47.2. The summed E-state index contributed by atoms with van der Waals surface area (Å²) in [6.45, 7) is 4.29. The van der Waals surface area contributed by atoms with E-state index in [2.05, 4.69) is 15.6 Å². The van der Waals surface area contributed by atoms with Crippen molar-refractivity contribution >= 4 is 5.96 Å². The van der Waals surface area contributed by atoms with Crippen LogP contribution in [0.4, 0.5) is 13.2 Å². The fraction of sp³-hybridized carbons (Fsp3) is 0.588. The highest BCUT2D eigenvalue weighted by atomic mass is 19.4. The van der Waals surface area contributed by atoms with Crippen molar-refractivity contribution in [1.82, 2.24) is 10.6 Å². The van der Waals surface area contributed by atoms with E-state index in [1.54, 1.807) is 14.2 Å². The Kier molecular flexibility index (Phi) is 7.38. The second-order valence-electron chi connectivity index (χ2n) is 6.17. The smallest absolute Gasteiger partial charge is 0.390 e. The summed E-state index contributed by atoms with van der Waals surface area (Å²) in [5.74, 6) is 1.60. The lowest BCUT2D eigenvalue weighted by atomic mass is 9.84. The molecule has 0 heterocycles. The van der Waals surface area contributed by atoms with Crippen LogP contribution in [0, 0.1) is 0 Å². The molecule has 1 aromatic rings. The van der Waals surface area contributed by atoms with Crippen LogP contribution in [0.3, 0.4) is 0 Å². The average Bonchev–Trinajstić information content (AvgIpc) is 2.56. The second kappa shape index (κ2) is 8.82. The normalized spacial score (nSPS) is 12.7. The summed E-state index contributed by atoms with van der Waals surface area (Å²) in [5.41, 5.74) is 0.699. The number of alkyl halides is 3. The van der Waals surface area contributed by atoms with Gasteiger partial charge in [-0.2, -0.15) is 13.2 Å². The third-order valence-electron chi connectivity index (χ3n) is 3.79. The van der Waals surface area contributed by atoms with Gasteiger partial charge in [0.2, 0.25) is 0 Å². The molecule has 142 valence electrons. The molecular weight excluding hydrogens is 335 g/mol. The van der Waals surface area contributed by atoms with E-state index in [0.29, 0.717) is 24.0 Å². The SMILES string of the molecule is CN=C(NCCC(F)(F)F)NCC(C)(C)c1ccc(OC)c(OC)c1. The third kappa shape index (κ3) is 6.72. The summed E-state index contributed by atoms with van der Waals surface area (Å²) in [5, 5.41) is 5.72. The number of hydrogen-bond donors (Lipinski definition) is 2. The van der Waals surface area contributed by atoms with Crippen LogP contribution in [0.2, 0.25) is 0 Å². The highest BCUT2D eigenvalue weighted by Gasteiger charge is 2.27. The Morgan fingerprint density at radius 1 is 1.08 bits per heavy atom. The van der Waals surface area contributed by atoms with Crippen LogP contribution in [0.1, 0.15) is 25.8 Å². The fourth-order valence-electron chi connectivity index (χ4n) is 2.21. The predicted molar refractivity (Wildman–Crippen MR) is 92.6 cm³/mol. The van der Waals surface area contributed by atoms with E-state index in [9.17, 15) is 13.2 Å². The maximum absolute atomic E-state index is 12.2. The van der Waals surface area contributed by atoms with Gasteiger partial charge in [-0.25, -0.2) is 0 Å². The van der Waals surface area contributed by atoms with E-state index in [1.807, 2.05) is 32.0 Å². The molecular formula is C17H26F3N3O2. The van der Waals surface area contributed by atoms with Gasteiger partial charge >= 0.3 is 6.18 Å². The van der Waals surface area contributed by atoms with E-state index in [4.69, 9.17) is 9.47 Å². The summed E-state index contributed by atoms with van der Waals surface area (Å²) in [4.78, 5) is 3.95. The maximum atomic E-state index is 12.2. The van der Waals surface area contributed by atoms with E-state index in [1.165, 1.54) is 7.05 Å². The van der Waals surface area contributed by atoms with Crippen molar-refractivity contribution in [3.63, 3.8) is 0 Å². The number of ether oxygens (including phenoxy) is 2. The Morgan fingerprint density at radius 3 is 2.24 bits per heavy atom. The molecule has 0 saturated heterocycles. The first-order valence-electron chi connectivity index (χ1n) is 7.86. The minimum atomic E-state index is -4.19. The number of rotatable bonds is 7. The summed E-state index contributed by atoms with van der Waals surface area (Å²) >= 11 is 0. The van der Waals surface area contributed by atoms with Crippen LogP contribution in [-0.2, 0) is 5.41 Å². The molecule has 1 rings (SSSR count). The standard InChI is InChI=1S/C17H26F3N3O2/c1-16(2,12-6-7-13(24-4)14(10-12)25-5)11-23-15(21-3)22-9-8-17(18,19)20/h6-7,10H,8-9,11H2,1-5H3,(H2,21,22,23). The number of aliphatic imine (C=N–C) groups is 1. The van der Waals surface area contributed by atoms with Crippen molar-refractivity contribution in [2.75, 3.05) is 34.4 Å². The molecule has 0 aromatic heterocycles. The average molecular weight is 361 g/mol. The largest absolute Gasteiger partial charge is 0.493 e. The zero-order valence-electron chi connectivity index (χ0n) is 15.3. The Bertz CT molecular complexity index is 587. The Balaban J connectivity index is 2.70. The number of guanidine groups is 1. The van der Waals surface area contributed by atoms with Crippen molar-refractivity contribution < 1.29 is 22.6 Å². The monoisotopic (exact) mass is 361 g/mol. The number of nitrogens with zero attached hydrogens (tertiary/aromatic N) is 1. The minimum absolute atomic E-state index is 0.222. The maximum Gasteiger partial charge on any atom is 0.390 e. The van der Waals surface area contributed by atoms with Crippen molar-refractivity contribution in [2.45, 2.75) is 31.9 Å². The highest BCUT2D eigenvalue weighted by molar-refractivity contribution is 5.79. The molecule has 0 atom stereocenters. The molecule has 0 saturated carbocycles.